The Balaban J connectivity index is 2.11. The monoisotopic (exact) mass is 275 g/mol. The molecule has 1 aliphatic carbocycles. The van der Waals surface area contributed by atoms with E-state index >= 15 is 0 Å². The van der Waals surface area contributed by atoms with Gasteiger partial charge < -0.3 is 10.4 Å². The minimum absolute atomic E-state index is 0.303. The van der Waals surface area contributed by atoms with Gasteiger partial charge in [-0.15, -0.1) is 0 Å². The summed E-state index contributed by atoms with van der Waals surface area (Å²) in [6.45, 7) is 2.13. The Labute approximate surface area is 119 Å². The summed E-state index contributed by atoms with van der Waals surface area (Å²) >= 11 is 0. The van der Waals surface area contributed by atoms with Crippen molar-refractivity contribution in [2.45, 2.75) is 44.6 Å². The van der Waals surface area contributed by atoms with Crippen LogP contribution in [0.15, 0.2) is 30.3 Å². The molecule has 1 aromatic rings. The number of carbonyl (C=O) groups excluding carboxylic acids is 1. The Kier molecular flexibility index (Phi) is 4.42. The first-order chi connectivity index (χ1) is 9.57. The Bertz CT molecular complexity index is 476. The molecule has 0 aromatic heterocycles. The quantitative estimate of drug-likeness (QED) is 0.888. The van der Waals surface area contributed by atoms with Crippen LogP contribution in [0.2, 0.25) is 0 Å². The highest BCUT2D eigenvalue weighted by Crippen LogP contribution is 2.34. The van der Waals surface area contributed by atoms with Crippen molar-refractivity contribution in [2.24, 2.45) is 5.92 Å². The standard InChI is InChI=1S/C16H21NO3/c1-2-12-8-10-16(11-9-12,15(19)20)17-14(18)13-6-4-3-5-7-13/h3-7,12H,2,8-11H2,1H3,(H,17,18)(H,19,20). The van der Waals surface area contributed by atoms with Crippen molar-refractivity contribution in [3.63, 3.8) is 0 Å². The van der Waals surface area contributed by atoms with E-state index in [1.165, 1.54) is 0 Å². The van der Waals surface area contributed by atoms with Gasteiger partial charge in [0.1, 0.15) is 5.54 Å². The van der Waals surface area contributed by atoms with Crippen LogP contribution in [0.4, 0.5) is 0 Å². The van der Waals surface area contributed by atoms with Crippen LogP contribution in [0.3, 0.4) is 0 Å². The predicted octanol–water partition coefficient (Wildman–Crippen LogP) is 2.84. The zero-order valence-corrected chi connectivity index (χ0v) is 11.8. The molecule has 108 valence electrons. The molecule has 1 fully saturated rings. The van der Waals surface area contributed by atoms with Gasteiger partial charge in [0.05, 0.1) is 0 Å². The normalized spacial score (nSPS) is 25.9. The average molecular weight is 275 g/mol. The lowest BCUT2D eigenvalue weighted by molar-refractivity contribution is -0.146. The maximum atomic E-state index is 12.2. The first kappa shape index (κ1) is 14.6. The van der Waals surface area contributed by atoms with E-state index in [1.54, 1.807) is 24.3 Å². The lowest BCUT2D eigenvalue weighted by atomic mass is 9.75. The molecule has 4 nitrogen and oxygen atoms in total. The largest absolute Gasteiger partial charge is 0.480 e. The minimum Gasteiger partial charge on any atom is -0.480 e. The van der Waals surface area contributed by atoms with Gasteiger partial charge in [-0.3, -0.25) is 4.79 Å². The van der Waals surface area contributed by atoms with Gasteiger partial charge >= 0.3 is 5.97 Å². The number of aliphatic carboxylic acids is 1. The van der Waals surface area contributed by atoms with Gasteiger partial charge in [-0.2, -0.15) is 0 Å². The highest BCUT2D eigenvalue weighted by Gasteiger charge is 2.42. The summed E-state index contributed by atoms with van der Waals surface area (Å²) in [6.07, 6.45) is 3.82. The fraction of sp³-hybridized carbons (Fsp3) is 0.500. The van der Waals surface area contributed by atoms with Crippen molar-refractivity contribution in [1.29, 1.82) is 0 Å². The number of rotatable bonds is 4. The summed E-state index contributed by atoms with van der Waals surface area (Å²) < 4.78 is 0. The van der Waals surface area contributed by atoms with Gasteiger partial charge in [0.15, 0.2) is 0 Å². The Hall–Kier alpha value is -1.84. The van der Waals surface area contributed by atoms with Crippen LogP contribution in [0.1, 0.15) is 49.4 Å². The van der Waals surface area contributed by atoms with Gasteiger partial charge in [-0.1, -0.05) is 31.5 Å². The second-order valence-corrected chi connectivity index (χ2v) is 5.56. The molecule has 0 saturated heterocycles. The summed E-state index contributed by atoms with van der Waals surface area (Å²) in [6, 6.07) is 8.77. The average Bonchev–Trinajstić information content (AvgIpc) is 2.48. The number of amides is 1. The zero-order valence-electron chi connectivity index (χ0n) is 11.8. The maximum Gasteiger partial charge on any atom is 0.329 e. The van der Waals surface area contributed by atoms with Crippen LogP contribution in [0.25, 0.3) is 0 Å². The van der Waals surface area contributed by atoms with E-state index in [1.807, 2.05) is 6.07 Å². The molecule has 0 atom stereocenters. The molecule has 1 aliphatic rings. The van der Waals surface area contributed by atoms with Gasteiger partial charge in [-0.05, 0) is 43.7 Å². The molecule has 1 saturated carbocycles. The topological polar surface area (TPSA) is 66.4 Å². The van der Waals surface area contributed by atoms with Gasteiger partial charge in [0.25, 0.3) is 5.91 Å². The highest BCUT2D eigenvalue weighted by atomic mass is 16.4. The van der Waals surface area contributed by atoms with E-state index in [-0.39, 0.29) is 5.91 Å². The van der Waals surface area contributed by atoms with Crippen molar-refractivity contribution in [3.05, 3.63) is 35.9 Å². The number of carboxylic acid groups (broad SMARTS) is 1. The van der Waals surface area contributed by atoms with Crippen molar-refractivity contribution in [1.82, 2.24) is 5.32 Å². The molecular weight excluding hydrogens is 254 g/mol. The van der Waals surface area contributed by atoms with E-state index in [0.717, 1.165) is 19.3 Å². The van der Waals surface area contributed by atoms with Crippen molar-refractivity contribution < 1.29 is 14.7 Å². The highest BCUT2D eigenvalue weighted by molar-refractivity contribution is 5.97. The Morgan fingerprint density at radius 1 is 1.25 bits per heavy atom. The summed E-state index contributed by atoms with van der Waals surface area (Å²) in [4.78, 5) is 23.8. The minimum atomic E-state index is -1.10. The Morgan fingerprint density at radius 3 is 2.35 bits per heavy atom. The summed E-state index contributed by atoms with van der Waals surface area (Å²) in [5.41, 5.74) is -0.593. The number of carboxylic acids is 1. The molecule has 0 radical (unpaired) electrons. The van der Waals surface area contributed by atoms with Crippen LogP contribution in [-0.4, -0.2) is 22.5 Å². The van der Waals surface area contributed by atoms with Gasteiger partial charge in [0, 0.05) is 5.56 Å². The second-order valence-electron chi connectivity index (χ2n) is 5.56. The maximum absolute atomic E-state index is 12.2. The number of hydrogen-bond donors (Lipinski definition) is 2. The molecule has 0 unspecified atom stereocenters. The summed E-state index contributed by atoms with van der Waals surface area (Å²) in [7, 11) is 0. The fourth-order valence-corrected chi connectivity index (χ4v) is 2.85. The molecule has 20 heavy (non-hydrogen) atoms. The third-order valence-electron chi connectivity index (χ3n) is 4.33. The second kappa shape index (κ2) is 6.07. The Morgan fingerprint density at radius 2 is 1.85 bits per heavy atom. The smallest absolute Gasteiger partial charge is 0.329 e. The molecular formula is C16H21NO3. The first-order valence-corrected chi connectivity index (χ1v) is 7.18. The van der Waals surface area contributed by atoms with Crippen LogP contribution >= 0.6 is 0 Å². The summed E-state index contributed by atoms with van der Waals surface area (Å²) in [5, 5.41) is 12.3. The number of carbonyl (C=O) groups is 2. The summed E-state index contributed by atoms with van der Waals surface area (Å²) in [5.74, 6) is -0.643. The zero-order chi connectivity index (χ0) is 14.6. The van der Waals surface area contributed by atoms with E-state index in [0.29, 0.717) is 24.3 Å². The predicted molar refractivity (Wildman–Crippen MR) is 76.5 cm³/mol. The molecule has 0 bridgehead atoms. The van der Waals surface area contributed by atoms with E-state index < -0.39 is 11.5 Å². The number of benzene rings is 1. The molecule has 2 N–H and O–H groups in total. The lowest BCUT2D eigenvalue weighted by Crippen LogP contribution is -2.56. The first-order valence-electron chi connectivity index (χ1n) is 7.18. The van der Waals surface area contributed by atoms with E-state index in [9.17, 15) is 14.7 Å². The molecule has 2 rings (SSSR count). The van der Waals surface area contributed by atoms with Crippen LogP contribution in [0, 0.1) is 5.92 Å². The van der Waals surface area contributed by atoms with Gasteiger partial charge in [-0.25, -0.2) is 4.79 Å². The SMILES string of the molecule is CCC1CCC(NC(=O)c2ccccc2)(C(=O)O)CC1. The van der Waals surface area contributed by atoms with Crippen molar-refractivity contribution in [3.8, 4) is 0 Å². The molecule has 0 spiro atoms. The lowest BCUT2D eigenvalue weighted by Gasteiger charge is -2.37. The van der Waals surface area contributed by atoms with E-state index in [4.69, 9.17) is 0 Å². The molecule has 0 aliphatic heterocycles. The van der Waals surface area contributed by atoms with Crippen molar-refractivity contribution in [2.75, 3.05) is 0 Å². The number of hydrogen-bond acceptors (Lipinski definition) is 2. The third kappa shape index (κ3) is 3.00. The van der Waals surface area contributed by atoms with E-state index in [2.05, 4.69) is 12.2 Å². The third-order valence-corrected chi connectivity index (χ3v) is 4.33. The fourth-order valence-electron chi connectivity index (χ4n) is 2.85. The molecule has 4 heteroatoms. The molecule has 1 aromatic carbocycles. The van der Waals surface area contributed by atoms with Crippen molar-refractivity contribution >= 4 is 11.9 Å². The molecule has 1 amide bonds. The van der Waals surface area contributed by atoms with Crippen LogP contribution in [-0.2, 0) is 4.79 Å². The number of nitrogens with one attached hydrogen (secondary N) is 1. The van der Waals surface area contributed by atoms with Crippen LogP contribution in [0.5, 0.6) is 0 Å². The molecule has 0 heterocycles. The van der Waals surface area contributed by atoms with Gasteiger partial charge in [0.2, 0.25) is 0 Å². The van der Waals surface area contributed by atoms with Crippen LogP contribution < -0.4 is 5.32 Å².